The van der Waals surface area contributed by atoms with Crippen LogP contribution in [0.3, 0.4) is 0 Å². The highest BCUT2D eigenvalue weighted by Gasteiger charge is 2.20. The Bertz CT molecular complexity index is 497. The number of hydrogen-bond acceptors (Lipinski definition) is 3. The van der Waals surface area contributed by atoms with Gasteiger partial charge in [0, 0.05) is 31.1 Å². The topological polar surface area (TPSA) is 40.6 Å². The zero-order valence-electron chi connectivity index (χ0n) is 12.0. The average molecular weight is 292 g/mol. The van der Waals surface area contributed by atoms with Gasteiger partial charge in [-0.1, -0.05) is 17.7 Å². The molecular formula is C15H20N2O2S. The summed E-state index contributed by atoms with van der Waals surface area (Å²) >= 11 is 1.60. The van der Waals surface area contributed by atoms with Crippen molar-refractivity contribution in [3.8, 4) is 0 Å². The molecule has 1 heterocycles. The summed E-state index contributed by atoms with van der Waals surface area (Å²) < 4.78 is 0. The van der Waals surface area contributed by atoms with E-state index in [-0.39, 0.29) is 5.91 Å². The second-order valence-electron chi connectivity index (χ2n) is 5.08. The Balaban J connectivity index is 1.86. The molecule has 4 nitrogen and oxygen atoms in total. The second kappa shape index (κ2) is 6.79. The summed E-state index contributed by atoms with van der Waals surface area (Å²) in [6.07, 6.45) is 0.854. The van der Waals surface area contributed by atoms with Gasteiger partial charge >= 0.3 is 0 Å². The fraction of sp³-hybridized carbons (Fsp3) is 0.467. The average Bonchev–Trinajstić information content (AvgIpc) is 2.48. The Hall–Kier alpha value is -1.49. The number of nitrogens with zero attached hydrogens (tertiary/aromatic N) is 2. The van der Waals surface area contributed by atoms with Crippen LogP contribution in [0.1, 0.15) is 11.1 Å². The molecule has 1 saturated heterocycles. The van der Waals surface area contributed by atoms with E-state index in [0.717, 1.165) is 6.41 Å². The van der Waals surface area contributed by atoms with Crippen LogP contribution in [0.4, 0.5) is 0 Å². The number of piperazine rings is 1. The van der Waals surface area contributed by atoms with Crippen molar-refractivity contribution < 1.29 is 9.59 Å². The molecule has 0 aliphatic carbocycles. The van der Waals surface area contributed by atoms with Crippen molar-refractivity contribution >= 4 is 24.1 Å². The van der Waals surface area contributed by atoms with Crippen LogP contribution in [0.25, 0.3) is 0 Å². The lowest BCUT2D eigenvalue weighted by atomic mass is 10.2. The van der Waals surface area contributed by atoms with Crippen molar-refractivity contribution in [3.05, 3.63) is 29.3 Å². The highest BCUT2D eigenvalue weighted by molar-refractivity contribution is 8.00. The fourth-order valence-corrected chi connectivity index (χ4v) is 3.20. The standard InChI is InChI=1S/C15H20N2O2S/c1-12-3-4-13(2)14(9-12)20-10-15(19)17-7-5-16(11-18)6-8-17/h3-4,9,11H,5-8,10H2,1-2H3. The molecule has 1 aromatic rings. The predicted octanol–water partition coefficient (Wildman–Crippen LogP) is 1.70. The van der Waals surface area contributed by atoms with Crippen LogP contribution in [-0.4, -0.2) is 54.0 Å². The molecule has 1 aliphatic heterocycles. The van der Waals surface area contributed by atoms with E-state index in [0.29, 0.717) is 31.9 Å². The molecule has 2 rings (SSSR count). The van der Waals surface area contributed by atoms with E-state index in [4.69, 9.17) is 0 Å². The Morgan fingerprint density at radius 3 is 2.60 bits per heavy atom. The maximum Gasteiger partial charge on any atom is 0.233 e. The molecule has 0 atom stereocenters. The van der Waals surface area contributed by atoms with Gasteiger partial charge < -0.3 is 9.80 Å². The maximum atomic E-state index is 12.2. The van der Waals surface area contributed by atoms with E-state index in [1.54, 1.807) is 16.7 Å². The Morgan fingerprint density at radius 2 is 1.95 bits per heavy atom. The van der Waals surface area contributed by atoms with Gasteiger partial charge in [0.25, 0.3) is 0 Å². The normalized spacial score (nSPS) is 15.3. The van der Waals surface area contributed by atoms with Crippen molar-refractivity contribution in [2.75, 3.05) is 31.9 Å². The highest BCUT2D eigenvalue weighted by Crippen LogP contribution is 2.23. The molecule has 2 amide bonds. The molecule has 0 N–H and O–H groups in total. The van der Waals surface area contributed by atoms with Gasteiger partial charge in [-0.05, 0) is 25.5 Å². The third-order valence-corrected chi connectivity index (χ3v) is 4.65. The largest absolute Gasteiger partial charge is 0.342 e. The summed E-state index contributed by atoms with van der Waals surface area (Å²) in [6.45, 7) is 6.70. The Kier molecular flexibility index (Phi) is 5.06. The number of rotatable bonds is 4. The number of aryl methyl sites for hydroxylation is 2. The SMILES string of the molecule is Cc1ccc(C)c(SCC(=O)N2CCN(C=O)CC2)c1. The molecule has 0 spiro atoms. The first-order chi connectivity index (χ1) is 9.60. The summed E-state index contributed by atoms with van der Waals surface area (Å²) in [7, 11) is 0. The molecule has 0 unspecified atom stereocenters. The molecule has 5 heteroatoms. The van der Waals surface area contributed by atoms with E-state index < -0.39 is 0 Å². The van der Waals surface area contributed by atoms with Crippen LogP contribution in [0.5, 0.6) is 0 Å². The smallest absolute Gasteiger partial charge is 0.233 e. The Labute approximate surface area is 124 Å². The van der Waals surface area contributed by atoms with Gasteiger partial charge in [-0.25, -0.2) is 0 Å². The lowest BCUT2D eigenvalue weighted by Gasteiger charge is -2.32. The third-order valence-electron chi connectivity index (χ3n) is 3.51. The number of amides is 2. The molecule has 108 valence electrons. The van der Waals surface area contributed by atoms with E-state index in [9.17, 15) is 9.59 Å². The molecule has 0 saturated carbocycles. The number of hydrogen-bond donors (Lipinski definition) is 0. The van der Waals surface area contributed by atoms with Gasteiger partial charge in [-0.3, -0.25) is 9.59 Å². The van der Waals surface area contributed by atoms with Gasteiger partial charge in [-0.15, -0.1) is 11.8 Å². The second-order valence-corrected chi connectivity index (χ2v) is 6.10. The number of carbonyl (C=O) groups excluding carboxylic acids is 2. The van der Waals surface area contributed by atoms with Crippen LogP contribution >= 0.6 is 11.8 Å². The number of thioether (sulfide) groups is 1. The summed E-state index contributed by atoms with van der Waals surface area (Å²) in [4.78, 5) is 27.5. The molecule has 1 aliphatic rings. The number of carbonyl (C=O) groups is 2. The van der Waals surface area contributed by atoms with Gasteiger partial charge in [0.2, 0.25) is 12.3 Å². The predicted molar refractivity (Wildman–Crippen MR) is 80.9 cm³/mol. The number of benzene rings is 1. The lowest BCUT2D eigenvalue weighted by molar-refractivity contribution is -0.132. The van der Waals surface area contributed by atoms with Crippen LogP contribution in [0.15, 0.2) is 23.1 Å². The minimum Gasteiger partial charge on any atom is -0.342 e. The van der Waals surface area contributed by atoms with Crippen molar-refractivity contribution in [1.29, 1.82) is 0 Å². The van der Waals surface area contributed by atoms with Gasteiger partial charge in [0.05, 0.1) is 5.75 Å². The maximum absolute atomic E-state index is 12.2. The van der Waals surface area contributed by atoms with Crippen molar-refractivity contribution in [2.45, 2.75) is 18.7 Å². The molecular weight excluding hydrogens is 272 g/mol. The quantitative estimate of drug-likeness (QED) is 0.626. The third kappa shape index (κ3) is 3.76. The van der Waals surface area contributed by atoms with E-state index in [2.05, 4.69) is 32.0 Å². The van der Waals surface area contributed by atoms with Crippen molar-refractivity contribution in [2.24, 2.45) is 0 Å². The van der Waals surface area contributed by atoms with Crippen molar-refractivity contribution in [1.82, 2.24) is 9.80 Å². The molecule has 1 aromatic carbocycles. The van der Waals surface area contributed by atoms with E-state index in [1.165, 1.54) is 16.0 Å². The highest BCUT2D eigenvalue weighted by atomic mass is 32.2. The zero-order chi connectivity index (χ0) is 14.5. The first kappa shape index (κ1) is 14.9. The minimum atomic E-state index is 0.154. The summed E-state index contributed by atoms with van der Waals surface area (Å²) in [5, 5.41) is 0. The van der Waals surface area contributed by atoms with Crippen LogP contribution < -0.4 is 0 Å². The molecule has 20 heavy (non-hydrogen) atoms. The molecule has 0 radical (unpaired) electrons. The molecule has 1 fully saturated rings. The van der Waals surface area contributed by atoms with Crippen LogP contribution in [0.2, 0.25) is 0 Å². The van der Waals surface area contributed by atoms with E-state index in [1.807, 2.05) is 4.90 Å². The van der Waals surface area contributed by atoms with Crippen molar-refractivity contribution in [3.63, 3.8) is 0 Å². The van der Waals surface area contributed by atoms with Crippen LogP contribution in [-0.2, 0) is 9.59 Å². The Morgan fingerprint density at radius 1 is 1.25 bits per heavy atom. The first-order valence-corrected chi connectivity index (χ1v) is 7.76. The van der Waals surface area contributed by atoms with E-state index >= 15 is 0 Å². The van der Waals surface area contributed by atoms with Gasteiger partial charge in [-0.2, -0.15) is 0 Å². The fourth-order valence-electron chi connectivity index (χ4n) is 2.17. The monoisotopic (exact) mass is 292 g/mol. The lowest BCUT2D eigenvalue weighted by Crippen LogP contribution is -2.48. The summed E-state index contributed by atoms with van der Waals surface area (Å²) in [5.41, 5.74) is 2.42. The minimum absolute atomic E-state index is 0.154. The first-order valence-electron chi connectivity index (χ1n) is 6.77. The van der Waals surface area contributed by atoms with Gasteiger partial charge in [0.1, 0.15) is 0 Å². The van der Waals surface area contributed by atoms with Gasteiger partial charge in [0.15, 0.2) is 0 Å². The van der Waals surface area contributed by atoms with Crippen LogP contribution in [0, 0.1) is 13.8 Å². The summed E-state index contributed by atoms with van der Waals surface area (Å²) in [5.74, 6) is 0.618. The zero-order valence-corrected chi connectivity index (χ0v) is 12.8. The molecule has 0 bridgehead atoms. The summed E-state index contributed by atoms with van der Waals surface area (Å²) in [6, 6.07) is 6.29. The molecule has 0 aromatic heterocycles.